The van der Waals surface area contributed by atoms with Crippen LogP contribution in [0.25, 0.3) is 0 Å². The first-order valence-corrected chi connectivity index (χ1v) is 11.5. The zero-order chi connectivity index (χ0) is 23.8. The molecule has 1 aliphatic heterocycles. The Balaban J connectivity index is 1.41. The minimum Gasteiger partial charge on any atom is -0.465 e. The van der Waals surface area contributed by atoms with Crippen LogP contribution in [0, 0.1) is 0 Å². The first-order valence-electron chi connectivity index (χ1n) is 11.5. The van der Waals surface area contributed by atoms with E-state index >= 15 is 0 Å². The lowest BCUT2D eigenvalue weighted by Gasteiger charge is -2.33. The van der Waals surface area contributed by atoms with Crippen molar-refractivity contribution in [2.45, 2.75) is 64.0 Å². The van der Waals surface area contributed by atoms with Gasteiger partial charge in [-0.1, -0.05) is 18.2 Å². The van der Waals surface area contributed by atoms with Crippen LogP contribution in [0.1, 0.15) is 68.3 Å². The molecule has 7 heteroatoms. The summed E-state index contributed by atoms with van der Waals surface area (Å²) < 4.78 is 0. The molecular formula is C26H31N3O4. The number of benzene rings is 2. The third-order valence-electron chi connectivity index (χ3n) is 6.36. The molecule has 174 valence electrons. The van der Waals surface area contributed by atoms with Gasteiger partial charge in [0.25, 0.3) is 5.91 Å². The lowest BCUT2D eigenvalue weighted by Crippen LogP contribution is -2.46. The predicted octanol–water partition coefficient (Wildman–Crippen LogP) is 5.09. The van der Waals surface area contributed by atoms with Crippen molar-refractivity contribution in [1.82, 2.24) is 4.90 Å². The molecule has 2 N–H and O–H groups in total. The highest BCUT2D eigenvalue weighted by molar-refractivity contribution is 6.05. The van der Waals surface area contributed by atoms with Crippen molar-refractivity contribution >= 4 is 29.3 Å². The Labute approximate surface area is 194 Å². The molecule has 0 radical (unpaired) electrons. The van der Waals surface area contributed by atoms with Gasteiger partial charge in [-0.3, -0.25) is 14.5 Å². The highest BCUT2D eigenvalue weighted by atomic mass is 16.4. The molecule has 33 heavy (non-hydrogen) atoms. The molecule has 2 unspecified atom stereocenters. The molecule has 0 aromatic heterocycles. The number of hydrogen-bond donors (Lipinski definition) is 2. The van der Waals surface area contributed by atoms with Gasteiger partial charge >= 0.3 is 6.09 Å². The van der Waals surface area contributed by atoms with Gasteiger partial charge in [0, 0.05) is 47.4 Å². The lowest BCUT2D eigenvalue weighted by atomic mass is 10.0. The summed E-state index contributed by atoms with van der Waals surface area (Å²) in [6, 6.07) is 14.7. The number of hydrogen-bond acceptors (Lipinski definition) is 3. The molecule has 2 aromatic rings. The Bertz CT molecular complexity index is 1060. The van der Waals surface area contributed by atoms with E-state index < -0.39 is 11.6 Å². The Morgan fingerprint density at radius 2 is 1.82 bits per heavy atom. The van der Waals surface area contributed by atoms with Gasteiger partial charge in [-0.15, -0.1) is 0 Å². The number of carbonyl (C=O) groups is 3. The summed E-state index contributed by atoms with van der Waals surface area (Å²) in [5.74, 6) is 0.0349. The van der Waals surface area contributed by atoms with Crippen LogP contribution in [-0.2, 0) is 4.79 Å². The summed E-state index contributed by atoms with van der Waals surface area (Å²) in [6.07, 6.45) is 2.34. The van der Waals surface area contributed by atoms with E-state index in [0.717, 1.165) is 30.5 Å². The number of nitrogens with one attached hydrogen (secondary N) is 1. The SMILES string of the molecule is CC(C)(C)N(C(=O)O)C1CC1c1ccc(NC(=O)c2cccc(N3CCCCC3=O)c2)cc1. The summed E-state index contributed by atoms with van der Waals surface area (Å²) >= 11 is 0. The quantitative estimate of drug-likeness (QED) is 0.665. The van der Waals surface area contributed by atoms with Crippen molar-refractivity contribution in [1.29, 1.82) is 0 Å². The first-order chi connectivity index (χ1) is 15.6. The molecule has 1 saturated heterocycles. The minimum atomic E-state index is -0.896. The number of carbonyl (C=O) groups excluding carboxylic acids is 2. The van der Waals surface area contributed by atoms with Crippen molar-refractivity contribution in [3.63, 3.8) is 0 Å². The number of piperidine rings is 1. The molecule has 2 aliphatic rings. The van der Waals surface area contributed by atoms with Crippen LogP contribution < -0.4 is 10.2 Å². The van der Waals surface area contributed by atoms with Gasteiger partial charge in [-0.2, -0.15) is 0 Å². The topological polar surface area (TPSA) is 90.0 Å². The lowest BCUT2D eigenvalue weighted by molar-refractivity contribution is -0.119. The maximum atomic E-state index is 12.8. The van der Waals surface area contributed by atoms with E-state index in [-0.39, 0.29) is 23.8 Å². The third kappa shape index (κ3) is 5.02. The fraction of sp³-hybridized carbons (Fsp3) is 0.423. The van der Waals surface area contributed by atoms with Crippen molar-refractivity contribution < 1.29 is 19.5 Å². The number of amides is 3. The van der Waals surface area contributed by atoms with E-state index in [1.54, 1.807) is 23.1 Å². The van der Waals surface area contributed by atoms with Crippen molar-refractivity contribution in [3.05, 3.63) is 59.7 Å². The minimum absolute atomic E-state index is 0.0248. The maximum absolute atomic E-state index is 12.8. The molecule has 1 saturated carbocycles. The number of carboxylic acid groups (broad SMARTS) is 1. The van der Waals surface area contributed by atoms with E-state index in [0.29, 0.717) is 24.2 Å². The molecule has 7 nitrogen and oxygen atoms in total. The molecular weight excluding hydrogens is 418 g/mol. The third-order valence-corrected chi connectivity index (χ3v) is 6.36. The summed E-state index contributed by atoms with van der Waals surface area (Å²) in [6.45, 7) is 6.41. The molecule has 1 aliphatic carbocycles. The molecule has 0 bridgehead atoms. The largest absolute Gasteiger partial charge is 0.465 e. The zero-order valence-electron chi connectivity index (χ0n) is 19.4. The standard InChI is InChI=1S/C26H31N3O4/c1-26(2,3)29(25(32)33)22-16-21(22)17-10-12-19(13-11-17)27-24(31)18-7-6-8-20(15-18)28-14-5-4-9-23(28)30/h6-8,10-13,15,21-22H,4-5,9,14,16H2,1-3H3,(H,27,31)(H,32,33). The predicted molar refractivity (Wildman–Crippen MR) is 128 cm³/mol. The van der Waals surface area contributed by atoms with Gasteiger partial charge in [0.05, 0.1) is 0 Å². The highest BCUT2D eigenvalue weighted by Crippen LogP contribution is 2.47. The molecule has 1 heterocycles. The van der Waals surface area contributed by atoms with Crippen molar-refractivity contribution in [2.24, 2.45) is 0 Å². The smallest absolute Gasteiger partial charge is 0.408 e. The van der Waals surface area contributed by atoms with E-state index in [4.69, 9.17) is 0 Å². The van der Waals surface area contributed by atoms with Crippen LogP contribution in [0.15, 0.2) is 48.5 Å². The maximum Gasteiger partial charge on any atom is 0.408 e. The van der Waals surface area contributed by atoms with E-state index in [1.165, 1.54) is 4.90 Å². The fourth-order valence-corrected chi connectivity index (χ4v) is 4.66. The van der Waals surface area contributed by atoms with Gasteiger partial charge in [0.2, 0.25) is 5.91 Å². The van der Waals surface area contributed by atoms with E-state index in [2.05, 4.69) is 5.32 Å². The summed E-state index contributed by atoms with van der Waals surface area (Å²) in [5.41, 5.74) is 2.54. The van der Waals surface area contributed by atoms with Crippen LogP contribution in [0.5, 0.6) is 0 Å². The average Bonchev–Trinajstić information content (AvgIpc) is 3.53. The van der Waals surface area contributed by atoms with Gasteiger partial charge in [0.15, 0.2) is 0 Å². The Morgan fingerprint density at radius 1 is 1.09 bits per heavy atom. The van der Waals surface area contributed by atoms with Crippen LogP contribution in [-0.4, -0.2) is 46.0 Å². The number of rotatable bonds is 5. The highest BCUT2D eigenvalue weighted by Gasteiger charge is 2.48. The summed E-state index contributed by atoms with van der Waals surface area (Å²) in [4.78, 5) is 40.0. The Kier molecular flexibility index (Phi) is 6.15. The number of nitrogens with zero attached hydrogens (tertiary/aromatic N) is 2. The Hall–Kier alpha value is -3.35. The van der Waals surface area contributed by atoms with E-state index in [9.17, 15) is 19.5 Å². The second-order valence-corrected chi connectivity index (χ2v) is 9.86. The van der Waals surface area contributed by atoms with Crippen LogP contribution in [0.4, 0.5) is 16.2 Å². The molecule has 2 aromatic carbocycles. The van der Waals surface area contributed by atoms with Crippen LogP contribution >= 0.6 is 0 Å². The average molecular weight is 450 g/mol. The molecule has 4 rings (SSSR count). The second-order valence-electron chi connectivity index (χ2n) is 9.86. The van der Waals surface area contributed by atoms with Gasteiger partial charge in [-0.05, 0) is 75.9 Å². The fourth-order valence-electron chi connectivity index (χ4n) is 4.66. The van der Waals surface area contributed by atoms with Crippen molar-refractivity contribution in [2.75, 3.05) is 16.8 Å². The van der Waals surface area contributed by atoms with Gasteiger partial charge < -0.3 is 15.3 Å². The molecule has 2 fully saturated rings. The van der Waals surface area contributed by atoms with Crippen molar-refractivity contribution in [3.8, 4) is 0 Å². The van der Waals surface area contributed by atoms with Crippen LogP contribution in [0.3, 0.4) is 0 Å². The van der Waals surface area contributed by atoms with Gasteiger partial charge in [-0.25, -0.2) is 4.79 Å². The first kappa shape index (κ1) is 22.8. The summed E-state index contributed by atoms with van der Waals surface area (Å²) in [5, 5.41) is 12.5. The normalized spacial score (nSPS) is 20.3. The van der Waals surface area contributed by atoms with Crippen LogP contribution in [0.2, 0.25) is 0 Å². The monoisotopic (exact) mass is 449 g/mol. The van der Waals surface area contributed by atoms with Gasteiger partial charge in [0.1, 0.15) is 0 Å². The summed E-state index contributed by atoms with van der Waals surface area (Å²) in [7, 11) is 0. The molecule has 0 spiro atoms. The zero-order valence-corrected chi connectivity index (χ0v) is 19.4. The van der Waals surface area contributed by atoms with E-state index in [1.807, 2.05) is 51.1 Å². The Morgan fingerprint density at radius 3 is 2.45 bits per heavy atom. The second kappa shape index (κ2) is 8.89. The molecule has 2 atom stereocenters. The molecule has 3 amide bonds. The number of anilines is 2.